The zero-order valence-electron chi connectivity index (χ0n) is 12.7. The van der Waals surface area contributed by atoms with Crippen LogP contribution in [0.3, 0.4) is 0 Å². The molecule has 0 saturated carbocycles. The Balaban J connectivity index is 1.80. The van der Waals surface area contributed by atoms with Crippen LogP contribution in [0, 0.1) is 6.92 Å². The van der Waals surface area contributed by atoms with Gasteiger partial charge in [-0.25, -0.2) is 4.99 Å². The summed E-state index contributed by atoms with van der Waals surface area (Å²) < 4.78 is 0. The first-order valence-corrected chi connectivity index (χ1v) is 8.38. The minimum Gasteiger partial charge on any atom is -0.374 e. The number of carbonyl (C=O) groups is 1. The lowest BCUT2D eigenvalue weighted by molar-refractivity contribution is 0.0603. The molecule has 1 aromatic heterocycles. The molecule has 2 aliphatic rings. The summed E-state index contributed by atoms with van der Waals surface area (Å²) in [5, 5.41) is 11.6. The van der Waals surface area contributed by atoms with E-state index >= 15 is 0 Å². The molecule has 1 aromatic carbocycles. The highest BCUT2D eigenvalue weighted by Gasteiger charge is 2.52. The molecular formula is C17H17N3O2S. The molecule has 118 valence electrons. The largest absolute Gasteiger partial charge is 0.374 e. The van der Waals surface area contributed by atoms with E-state index in [4.69, 9.17) is 5.73 Å². The number of Topliss-reactive ketones (excluding diaryl/α,β-unsaturated/α-hetero) is 1. The summed E-state index contributed by atoms with van der Waals surface area (Å²) in [5.74, 6) is 0.209. The van der Waals surface area contributed by atoms with Crippen molar-refractivity contribution in [3.63, 3.8) is 0 Å². The van der Waals surface area contributed by atoms with Crippen molar-refractivity contribution < 1.29 is 9.90 Å². The monoisotopic (exact) mass is 327 g/mol. The molecule has 1 saturated heterocycles. The molecule has 4 rings (SSSR count). The van der Waals surface area contributed by atoms with Gasteiger partial charge >= 0.3 is 0 Å². The van der Waals surface area contributed by atoms with Gasteiger partial charge in [0.05, 0.1) is 5.56 Å². The zero-order chi connectivity index (χ0) is 16.2. The van der Waals surface area contributed by atoms with Gasteiger partial charge in [0.2, 0.25) is 5.78 Å². The van der Waals surface area contributed by atoms with Crippen LogP contribution >= 0.6 is 11.3 Å². The van der Waals surface area contributed by atoms with Crippen molar-refractivity contribution in [2.75, 3.05) is 11.4 Å². The first-order valence-electron chi connectivity index (χ1n) is 7.56. The third-order valence-corrected chi connectivity index (χ3v) is 5.41. The van der Waals surface area contributed by atoms with Gasteiger partial charge in [-0.2, -0.15) is 0 Å². The van der Waals surface area contributed by atoms with Crippen molar-refractivity contribution in [1.82, 2.24) is 0 Å². The molecule has 0 bridgehead atoms. The molecule has 0 radical (unpaired) electrons. The molecule has 3 N–H and O–H groups in total. The Morgan fingerprint density at radius 2 is 2.13 bits per heavy atom. The summed E-state index contributed by atoms with van der Waals surface area (Å²) in [7, 11) is 0. The van der Waals surface area contributed by atoms with Crippen LogP contribution < -0.4 is 10.6 Å². The average molecular weight is 327 g/mol. The van der Waals surface area contributed by atoms with Gasteiger partial charge in [0, 0.05) is 30.1 Å². The Morgan fingerprint density at radius 3 is 2.83 bits per heavy atom. The number of aliphatic hydroxyl groups is 1. The molecule has 1 fully saturated rings. The number of hydrogen-bond acceptors (Lipinski definition) is 6. The van der Waals surface area contributed by atoms with Crippen LogP contribution in [-0.2, 0) is 6.54 Å². The lowest BCUT2D eigenvalue weighted by Crippen LogP contribution is -2.48. The number of benzene rings is 1. The van der Waals surface area contributed by atoms with E-state index < -0.39 is 5.60 Å². The summed E-state index contributed by atoms with van der Waals surface area (Å²) in [6, 6.07) is 9.64. The maximum atomic E-state index is 12.7. The van der Waals surface area contributed by atoms with Crippen molar-refractivity contribution in [3.8, 4) is 0 Å². The Bertz CT molecular complexity index is 825. The number of ketones is 1. The molecule has 1 unspecified atom stereocenters. The fourth-order valence-electron chi connectivity index (χ4n) is 3.21. The van der Waals surface area contributed by atoms with Crippen LogP contribution in [0.15, 0.2) is 35.3 Å². The zero-order valence-corrected chi connectivity index (χ0v) is 13.6. The molecule has 0 aliphatic carbocycles. The van der Waals surface area contributed by atoms with E-state index in [1.165, 1.54) is 11.3 Å². The SMILES string of the molecule is Cc1cc2c(s1)N=C1N(c3ccc(CN)cc3)CCC1(O)C2=O. The van der Waals surface area contributed by atoms with Crippen molar-refractivity contribution >= 4 is 33.6 Å². The highest BCUT2D eigenvalue weighted by molar-refractivity contribution is 7.16. The predicted octanol–water partition coefficient (Wildman–Crippen LogP) is 2.38. The minimum absolute atomic E-state index is 0.233. The second kappa shape index (κ2) is 4.99. The van der Waals surface area contributed by atoms with Gasteiger partial charge in [-0.1, -0.05) is 12.1 Å². The van der Waals surface area contributed by atoms with E-state index in [1.807, 2.05) is 42.2 Å². The maximum Gasteiger partial charge on any atom is 0.205 e. The third kappa shape index (κ3) is 2.06. The fraction of sp³-hybridized carbons (Fsp3) is 0.294. The van der Waals surface area contributed by atoms with Gasteiger partial charge in [-0.15, -0.1) is 11.3 Å². The van der Waals surface area contributed by atoms with E-state index in [9.17, 15) is 9.90 Å². The number of hydrogen-bond donors (Lipinski definition) is 2. The highest BCUT2D eigenvalue weighted by Crippen LogP contribution is 2.42. The Kier molecular flexibility index (Phi) is 3.16. The number of aliphatic imine (C=N–C) groups is 1. The van der Waals surface area contributed by atoms with E-state index in [1.54, 1.807) is 0 Å². The molecule has 3 heterocycles. The number of thiophene rings is 1. The summed E-state index contributed by atoms with van der Waals surface area (Å²) in [6.07, 6.45) is 0.359. The highest BCUT2D eigenvalue weighted by atomic mass is 32.1. The van der Waals surface area contributed by atoms with Crippen molar-refractivity contribution in [1.29, 1.82) is 0 Å². The fourth-order valence-corrected chi connectivity index (χ4v) is 4.09. The number of anilines is 1. The summed E-state index contributed by atoms with van der Waals surface area (Å²) in [4.78, 5) is 20.3. The van der Waals surface area contributed by atoms with Gasteiger partial charge in [0.25, 0.3) is 0 Å². The first-order chi connectivity index (χ1) is 11.0. The Morgan fingerprint density at radius 1 is 1.39 bits per heavy atom. The van der Waals surface area contributed by atoms with Gasteiger partial charge in [0.15, 0.2) is 11.4 Å². The van der Waals surface area contributed by atoms with E-state index in [-0.39, 0.29) is 5.78 Å². The molecule has 1 atom stereocenters. The van der Waals surface area contributed by atoms with Crippen molar-refractivity contribution in [3.05, 3.63) is 46.3 Å². The van der Waals surface area contributed by atoms with Crippen LogP contribution in [0.2, 0.25) is 0 Å². The lowest BCUT2D eigenvalue weighted by Gasteiger charge is -2.28. The van der Waals surface area contributed by atoms with Crippen molar-refractivity contribution in [2.24, 2.45) is 10.7 Å². The van der Waals surface area contributed by atoms with Crippen LogP contribution in [-0.4, -0.2) is 28.9 Å². The summed E-state index contributed by atoms with van der Waals surface area (Å²) in [6.45, 7) is 3.00. The lowest BCUT2D eigenvalue weighted by atomic mass is 9.90. The average Bonchev–Trinajstić information content (AvgIpc) is 3.09. The second-order valence-corrected chi connectivity index (χ2v) is 7.21. The van der Waals surface area contributed by atoms with Crippen LogP contribution in [0.1, 0.15) is 27.2 Å². The van der Waals surface area contributed by atoms with Gasteiger partial charge in [-0.05, 0) is 30.7 Å². The number of fused-ring (bicyclic) bond motifs is 2. The third-order valence-electron chi connectivity index (χ3n) is 4.47. The van der Waals surface area contributed by atoms with Crippen LogP contribution in [0.5, 0.6) is 0 Å². The molecule has 23 heavy (non-hydrogen) atoms. The quantitative estimate of drug-likeness (QED) is 0.887. The van der Waals surface area contributed by atoms with Crippen LogP contribution in [0.4, 0.5) is 10.7 Å². The molecular weight excluding hydrogens is 310 g/mol. The van der Waals surface area contributed by atoms with E-state index in [2.05, 4.69) is 4.99 Å². The van der Waals surface area contributed by atoms with E-state index in [0.717, 1.165) is 16.1 Å². The Hall–Kier alpha value is -2.02. The topological polar surface area (TPSA) is 78.9 Å². The number of nitrogens with zero attached hydrogens (tertiary/aromatic N) is 2. The molecule has 2 aromatic rings. The van der Waals surface area contributed by atoms with Gasteiger partial charge in [0.1, 0.15) is 5.00 Å². The molecule has 0 amide bonds. The molecule has 6 heteroatoms. The second-order valence-electron chi connectivity index (χ2n) is 5.97. The molecule has 5 nitrogen and oxygen atoms in total. The maximum absolute atomic E-state index is 12.7. The van der Waals surface area contributed by atoms with E-state index in [0.29, 0.717) is 35.9 Å². The van der Waals surface area contributed by atoms with Crippen molar-refractivity contribution in [2.45, 2.75) is 25.5 Å². The summed E-state index contributed by atoms with van der Waals surface area (Å²) >= 11 is 1.48. The van der Waals surface area contributed by atoms with Crippen LogP contribution in [0.25, 0.3) is 0 Å². The number of rotatable bonds is 2. The Labute approximate surface area is 138 Å². The van der Waals surface area contributed by atoms with Gasteiger partial charge < -0.3 is 15.7 Å². The predicted molar refractivity (Wildman–Crippen MR) is 91.7 cm³/mol. The van der Waals surface area contributed by atoms with Gasteiger partial charge in [-0.3, -0.25) is 4.79 Å². The number of amidine groups is 1. The number of nitrogens with two attached hydrogens (primary N) is 1. The molecule has 2 aliphatic heterocycles. The minimum atomic E-state index is -1.51. The number of aryl methyl sites for hydroxylation is 1. The normalized spacial score (nSPS) is 22.8. The number of carbonyl (C=O) groups excluding carboxylic acids is 1. The smallest absolute Gasteiger partial charge is 0.205 e. The first kappa shape index (κ1) is 14.6. The summed E-state index contributed by atoms with van der Waals surface area (Å²) in [5.41, 5.74) is 6.63. The standard InChI is InChI=1S/C17H17N3O2S/c1-10-8-13-14(21)17(22)6-7-20(16(17)19-15(13)23-10)12-4-2-11(9-18)3-5-12/h2-5,8,22H,6-7,9,18H2,1H3. The molecule has 0 spiro atoms.